The van der Waals surface area contributed by atoms with Crippen LogP contribution in [0.25, 0.3) is 44.6 Å². The van der Waals surface area contributed by atoms with E-state index >= 15 is 0 Å². The predicted octanol–water partition coefficient (Wildman–Crippen LogP) is 6.46. The van der Waals surface area contributed by atoms with Gasteiger partial charge in [-0.05, 0) is 67.1 Å². The van der Waals surface area contributed by atoms with Crippen LogP contribution in [-0.2, 0) is 0 Å². The van der Waals surface area contributed by atoms with Gasteiger partial charge in [0.1, 0.15) is 45.3 Å². The van der Waals surface area contributed by atoms with Crippen molar-refractivity contribution >= 4 is 21.9 Å². The molecule has 0 saturated heterocycles. The van der Waals surface area contributed by atoms with Gasteiger partial charge >= 0.3 is 0 Å². The van der Waals surface area contributed by atoms with Crippen LogP contribution >= 0.6 is 0 Å². The molecule has 9 heteroatoms. The quantitative estimate of drug-likeness (QED) is 0.221. The molecule has 0 bridgehead atoms. The molecule has 0 spiro atoms. The second-order valence-corrected chi connectivity index (χ2v) is 9.39. The number of methoxy groups -OCH3 is 1. The Labute approximate surface area is 231 Å². The van der Waals surface area contributed by atoms with E-state index in [0.29, 0.717) is 33.6 Å². The Hall–Kier alpha value is -5.70. The van der Waals surface area contributed by atoms with Gasteiger partial charge in [0.2, 0.25) is 5.75 Å². The minimum absolute atomic E-state index is 0.0449. The summed E-state index contributed by atoms with van der Waals surface area (Å²) in [6.07, 6.45) is 0. The van der Waals surface area contributed by atoms with Crippen LogP contribution in [0.2, 0.25) is 0 Å². The molecule has 204 valence electrons. The monoisotopic (exact) mass is 550 g/mol. The van der Waals surface area contributed by atoms with Gasteiger partial charge in [0, 0.05) is 35.4 Å². The summed E-state index contributed by atoms with van der Waals surface area (Å²) in [5.74, 6) is 0.0351. The maximum atomic E-state index is 12.9. The number of fused-ring (bicyclic) bond motifs is 2. The van der Waals surface area contributed by atoms with Crippen molar-refractivity contribution in [3.63, 3.8) is 0 Å². The van der Waals surface area contributed by atoms with E-state index in [-0.39, 0.29) is 39.4 Å². The first kappa shape index (κ1) is 25.6. The highest BCUT2D eigenvalue weighted by Gasteiger charge is 2.20. The molecule has 0 unspecified atom stereocenters. The number of phenols is 3. The van der Waals surface area contributed by atoms with E-state index in [1.807, 2.05) is 6.92 Å². The van der Waals surface area contributed by atoms with Gasteiger partial charge in [-0.1, -0.05) is 0 Å². The van der Waals surface area contributed by atoms with Gasteiger partial charge in [0.15, 0.2) is 22.4 Å². The molecule has 6 rings (SSSR count). The lowest BCUT2D eigenvalue weighted by molar-refractivity contribution is 0.378. The summed E-state index contributed by atoms with van der Waals surface area (Å²) >= 11 is 0. The molecule has 0 aliphatic rings. The first-order valence-corrected chi connectivity index (χ1v) is 12.4. The number of hydrogen-bond acceptors (Lipinski definition) is 9. The summed E-state index contributed by atoms with van der Waals surface area (Å²) in [5, 5.41) is 31.3. The normalized spacial score (nSPS) is 11.2. The predicted molar refractivity (Wildman–Crippen MR) is 152 cm³/mol. The number of ether oxygens (including phenoxy) is 2. The minimum atomic E-state index is -0.583. The minimum Gasteiger partial charge on any atom is -0.508 e. The van der Waals surface area contributed by atoms with E-state index < -0.39 is 16.9 Å². The highest BCUT2D eigenvalue weighted by Crippen LogP contribution is 2.44. The summed E-state index contributed by atoms with van der Waals surface area (Å²) in [5.41, 5.74) is 1.46. The summed E-state index contributed by atoms with van der Waals surface area (Å²) < 4.78 is 22.8. The first-order valence-electron chi connectivity index (χ1n) is 12.4. The largest absolute Gasteiger partial charge is 0.508 e. The average molecular weight is 551 g/mol. The Morgan fingerprint density at radius 1 is 0.659 bits per heavy atom. The number of aromatic hydroxyl groups is 3. The first-order chi connectivity index (χ1) is 19.7. The van der Waals surface area contributed by atoms with Gasteiger partial charge in [0.25, 0.3) is 0 Å². The van der Waals surface area contributed by atoms with Crippen molar-refractivity contribution in [2.45, 2.75) is 6.92 Å². The zero-order chi connectivity index (χ0) is 28.8. The van der Waals surface area contributed by atoms with Crippen LogP contribution in [0.5, 0.6) is 34.5 Å². The zero-order valence-corrected chi connectivity index (χ0v) is 21.8. The van der Waals surface area contributed by atoms with E-state index in [0.717, 1.165) is 5.56 Å². The molecule has 0 fully saturated rings. The van der Waals surface area contributed by atoms with E-state index in [9.17, 15) is 24.9 Å². The fourth-order valence-corrected chi connectivity index (χ4v) is 4.66. The van der Waals surface area contributed by atoms with Gasteiger partial charge < -0.3 is 33.6 Å². The standard InChI is InChI=1S/C32H22O9/c1-16-11-21(38-2)12-27-29(16)22(34)13-25(40-27)18-5-9-20(10-6-18)39-32-24(36)15-28-30(31(32)37)23(35)14-26(41-28)17-3-7-19(33)8-4-17/h3-15,33,36-37H,1-2H3. The molecule has 0 atom stereocenters. The molecule has 2 heterocycles. The van der Waals surface area contributed by atoms with Crippen LogP contribution in [0.15, 0.2) is 97.3 Å². The summed E-state index contributed by atoms with van der Waals surface area (Å²) in [6.45, 7) is 1.81. The van der Waals surface area contributed by atoms with Crippen molar-refractivity contribution in [1.82, 2.24) is 0 Å². The topological polar surface area (TPSA) is 140 Å². The molecular formula is C32H22O9. The summed E-state index contributed by atoms with van der Waals surface area (Å²) in [7, 11) is 1.54. The maximum absolute atomic E-state index is 12.9. The van der Waals surface area contributed by atoms with Gasteiger partial charge in [0.05, 0.1) is 12.5 Å². The number of benzene rings is 4. The number of aryl methyl sites for hydroxylation is 1. The Balaban J connectivity index is 1.33. The average Bonchev–Trinajstić information content (AvgIpc) is 2.95. The fourth-order valence-electron chi connectivity index (χ4n) is 4.66. The van der Waals surface area contributed by atoms with Crippen molar-refractivity contribution in [2.75, 3.05) is 7.11 Å². The third-order valence-corrected chi connectivity index (χ3v) is 6.67. The molecule has 2 aromatic heterocycles. The molecule has 0 aliphatic heterocycles. The Morgan fingerprint density at radius 2 is 1.22 bits per heavy atom. The molecule has 6 aromatic rings. The van der Waals surface area contributed by atoms with Gasteiger partial charge in [-0.3, -0.25) is 9.59 Å². The van der Waals surface area contributed by atoms with Crippen LogP contribution in [-0.4, -0.2) is 22.4 Å². The third kappa shape index (κ3) is 4.59. The second kappa shape index (κ2) is 9.80. The highest BCUT2D eigenvalue weighted by atomic mass is 16.5. The van der Waals surface area contributed by atoms with Crippen LogP contribution in [0.3, 0.4) is 0 Å². The summed E-state index contributed by atoms with van der Waals surface area (Å²) in [4.78, 5) is 25.7. The van der Waals surface area contributed by atoms with Gasteiger partial charge in [-0.25, -0.2) is 0 Å². The maximum Gasteiger partial charge on any atom is 0.211 e. The molecule has 0 saturated carbocycles. The molecule has 3 N–H and O–H groups in total. The Morgan fingerprint density at radius 3 is 1.83 bits per heavy atom. The molecular weight excluding hydrogens is 528 g/mol. The van der Waals surface area contributed by atoms with E-state index in [1.165, 1.54) is 37.4 Å². The molecule has 0 aliphatic carbocycles. The van der Waals surface area contributed by atoms with E-state index in [4.69, 9.17) is 18.3 Å². The molecule has 41 heavy (non-hydrogen) atoms. The Kier molecular flexibility index (Phi) is 6.11. The van der Waals surface area contributed by atoms with Crippen molar-refractivity contribution < 1.29 is 33.6 Å². The number of rotatable bonds is 5. The lowest BCUT2D eigenvalue weighted by Crippen LogP contribution is -2.03. The summed E-state index contributed by atoms with van der Waals surface area (Å²) in [6, 6.07) is 19.7. The van der Waals surface area contributed by atoms with Crippen molar-refractivity contribution in [1.29, 1.82) is 0 Å². The third-order valence-electron chi connectivity index (χ3n) is 6.67. The SMILES string of the molecule is COc1cc(C)c2c(=O)cc(-c3ccc(Oc4c(O)cc5oc(-c6ccc(O)cc6)cc(=O)c5c4O)cc3)oc2c1. The highest BCUT2D eigenvalue weighted by molar-refractivity contribution is 5.89. The van der Waals surface area contributed by atoms with E-state index in [1.54, 1.807) is 48.5 Å². The molecule has 0 radical (unpaired) electrons. The smallest absolute Gasteiger partial charge is 0.211 e. The van der Waals surface area contributed by atoms with E-state index in [2.05, 4.69) is 0 Å². The Bertz CT molecular complexity index is 2070. The van der Waals surface area contributed by atoms with Crippen LogP contribution in [0.4, 0.5) is 0 Å². The van der Waals surface area contributed by atoms with Crippen LogP contribution in [0, 0.1) is 6.92 Å². The molecule has 4 aromatic carbocycles. The number of phenolic OH excluding ortho intramolecular Hbond substituents is 3. The van der Waals surface area contributed by atoms with Crippen molar-refractivity contribution in [2.24, 2.45) is 0 Å². The lowest BCUT2D eigenvalue weighted by Gasteiger charge is -2.12. The fraction of sp³-hybridized carbons (Fsp3) is 0.0625. The number of hydrogen-bond donors (Lipinski definition) is 3. The van der Waals surface area contributed by atoms with Crippen LogP contribution in [0.1, 0.15) is 5.56 Å². The molecule has 9 nitrogen and oxygen atoms in total. The zero-order valence-electron chi connectivity index (χ0n) is 21.8. The second-order valence-electron chi connectivity index (χ2n) is 9.39. The van der Waals surface area contributed by atoms with Gasteiger partial charge in [-0.15, -0.1) is 0 Å². The molecule has 0 amide bonds. The lowest BCUT2D eigenvalue weighted by atomic mass is 10.1. The van der Waals surface area contributed by atoms with Crippen LogP contribution < -0.4 is 20.3 Å². The van der Waals surface area contributed by atoms with Gasteiger partial charge in [-0.2, -0.15) is 0 Å². The van der Waals surface area contributed by atoms with Crippen molar-refractivity contribution in [3.05, 3.63) is 105 Å². The van der Waals surface area contributed by atoms with Crippen molar-refractivity contribution in [3.8, 4) is 57.1 Å².